The monoisotopic (exact) mass is 365 g/mol. The Morgan fingerprint density at radius 2 is 2.00 bits per heavy atom. The Bertz CT molecular complexity index is 448. The molecule has 17 heavy (non-hydrogen) atoms. The molecule has 0 atom stereocenters. The lowest BCUT2D eigenvalue weighted by Gasteiger charge is -2.10. The van der Waals surface area contributed by atoms with Crippen LogP contribution in [0.3, 0.4) is 0 Å². The van der Waals surface area contributed by atoms with Gasteiger partial charge in [0.25, 0.3) is 5.24 Å². The first-order valence-electron chi connectivity index (χ1n) is 4.72. The normalized spacial score (nSPS) is 9.88. The number of carbonyl (C=O) groups is 2. The first kappa shape index (κ1) is 14.3. The van der Waals surface area contributed by atoms with Crippen LogP contribution in [0, 0.1) is 3.57 Å². The van der Waals surface area contributed by atoms with Gasteiger partial charge >= 0.3 is 5.97 Å². The molecular weight excluding hydrogens is 353 g/mol. The summed E-state index contributed by atoms with van der Waals surface area (Å²) in [7, 11) is 4.74. The van der Waals surface area contributed by atoms with Crippen molar-refractivity contribution in [3.05, 3.63) is 27.3 Å². The van der Waals surface area contributed by atoms with E-state index in [-0.39, 0.29) is 11.2 Å². The molecule has 0 radical (unpaired) electrons. The summed E-state index contributed by atoms with van der Waals surface area (Å²) in [6.07, 6.45) is 0. The molecule has 0 N–H and O–H groups in total. The van der Waals surface area contributed by atoms with E-state index in [0.29, 0.717) is 5.56 Å². The molecule has 0 bridgehead atoms. The van der Waals surface area contributed by atoms with Crippen molar-refractivity contribution in [1.82, 2.24) is 4.90 Å². The summed E-state index contributed by atoms with van der Waals surface area (Å²) in [6.45, 7) is 0. The van der Waals surface area contributed by atoms with E-state index in [1.54, 1.807) is 32.3 Å². The largest absolute Gasteiger partial charge is 0.465 e. The zero-order valence-electron chi connectivity index (χ0n) is 9.69. The minimum Gasteiger partial charge on any atom is -0.465 e. The number of carbonyl (C=O) groups excluding carboxylic acids is 2. The number of hydrogen-bond acceptors (Lipinski definition) is 4. The third kappa shape index (κ3) is 3.88. The lowest BCUT2D eigenvalue weighted by Crippen LogP contribution is -2.16. The van der Waals surface area contributed by atoms with Gasteiger partial charge in [0.1, 0.15) is 0 Å². The molecule has 0 heterocycles. The average molecular weight is 365 g/mol. The fourth-order valence-corrected chi connectivity index (χ4v) is 2.52. The van der Waals surface area contributed by atoms with E-state index >= 15 is 0 Å². The van der Waals surface area contributed by atoms with Gasteiger partial charge in [-0.2, -0.15) is 0 Å². The van der Waals surface area contributed by atoms with E-state index in [0.717, 1.165) is 20.2 Å². The summed E-state index contributed by atoms with van der Waals surface area (Å²) in [5, 5.41) is -0.0475. The number of halogens is 1. The molecule has 0 aliphatic carbocycles. The minimum atomic E-state index is -0.376. The zero-order valence-corrected chi connectivity index (χ0v) is 12.7. The van der Waals surface area contributed by atoms with Gasteiger partial charge in [0.15, 0.2) is 0 Å². The number of rotatable bonds is 2. The Morgan fingerprint density at radius 3 is 2.47 bits per heavy atom. The number of nitrogens with zero attached hydrogens (tertiary/aromatic N) is 1. The van der Waals surface area contributed by atoms with Gasteiger partial charge in [0.05, 0.1) is 12.7 Å². The molecule has 1 rings (SSSR count). The van der Waals surface area contributed by atoms with Crippen molar-refractivity contribution >= 4 is 45.6 Å². The van der Waals surface area contributed by atoms with E-state index in [1.807, 2.05) is 0 Å². The minimum absolute atomic E-state index is 0.0475. The highest BCUT2D eigenvalue weighted by Gasteiger charge is 2.12. The van der Waals surface area contributed by atoms with Crippen LogP contribution >= 0.6 is 34.4 Å². The Balaban J connectivity index is 2.90. The molecule has 4 nitrogen and oxygen atoms in total. The van der Waals surface area contributed by atoms with E-state index in [4.69, 9.17) is 0 Å². The molecule has 0 aromatic heterocycles. The van der Waals surface area contributed by atoms with Crippen LogP contribution in [0.1, 0.15) is 10.4 Å². The molecule has 1 aromatic rings. The molecule has 92 valence electrons. The van der Waals surface area contributed by atoms with Crippen molar-refractivity contribution in [2.24, 2.45) is 0 Å². The van der Waals surface area contributed by atoms with Gasteiger partial charge in [0.2, 0.25) is 0 Å². The van der Waals surface area contributed by atoms with Crippen LogP contribution in [-0.4, -0.2) is 37.3 Å². The average Bonchev–Trinajstić information content (AvgIpc) is 2.30. The third-order valence-corrected chi connectivity index (χ3v) is 4.29. The van der Waals surface area contributed by atoms with Crippen LogP contribution in [0.15, 0.2) is 23.1 Å². The van der Waals surface area contributed by atoms with Crippen molar-refractivity contribution in [2.45, 2.75) is 4.90 Å². The molecule has 0 spiro atoms. The van der Waals surface area contributed by atoms with Gasteiger partial charge in [-0.15, -0.1) is 0 Å². The van der Waals surface area contributed by atoms with Crippen molar-refractivity contribution in [3.8, 4) is 0 Å². The van der Waals surface area contributed by atoms with Crippen molar-refractivity contribution < 1.29 is 14.3 Å². The predicted octanol–water partition coefficient (Wildman–Crippen LogP) is 2.85. The summed E-state index contributed by atoms with van der Waals surface area (Å²) >= 11 is 3.23. The molecule has 0 aliphatic heterocycles. The highest BCUT2D eigenvalue weighted by molar-refractivity contribution is 14.1. The highest BCUT2D eigenvalue weighted by atomic mass is 127. The predicted molar refractivity (Wildman–Crippen MR) is 75.4 cm³/mol. The molecule has 1 aromatic carbocycles. The molecule has 0 unspecified atom stereocenters. The quantitative estimate of drug-likeness (QED) is 0.460. The maximum Gasteiger partial charge on any atom is 0.337 e. The lowest BCUT2D eigenvalue weighted by molar-refractivity contribution is 0.0600. The van der Waals surface area contributed by atoms with Crippen LogP contribution in [0.25, 0.3) is 0 Å². The first-order chi connectivity index (χ1) is 7.95. The standard InChI is InChI=1S/C11H12INO3S/c1-13(2)11(15)17-9-5-4-7(6-8(9)12)10(14)16-3/h4-6H,1-3H3. The van der Waals surface area contributed by atoms with Crippen LogP contribution < -0.4 is 0 Å². The number of esters is 1. The van der Waals surface area contributed by atoms with E-state index in [9.17, 15) is 9.59 Å². The number of hydrogen-bond donors (Lipinski definition) is 0. The van der Waals surface area contributed by atoms with Gasteiger partial charge in [-0.1, -0.05) is 0 Å². The fraction of sp³-hybridized carbons (Fsp3) is 0.273. The zero-order chi connectivity index (χ0) is 13.0. The van der Waals surface area contributed by atoms with E-state index < -0.39 is 0 Å². The highest BCUT2D eigenvalue weighted by Crippen LogP contribution is 2.27. The Labute approximate surface area is 118 Å². The maximum atomic E-state index is 11.5. The number of thioether (sulfide) groups is 1. The van der Waals surface area contributed by atoms with Crippen LogP contribution in [0.4, 0.5) is 4.79 Å². The number of ether oxygens (including phenoxy) is 1. The second-order valence-electron chi connectivity index (χ2n) is 3.40. The second kappa shape index (κ2) is 6.25. The van der Waals surface area contributed by atoms with Crippen LogP contribution in [0.5, 0.6) is 0 Å². The molecule has 1 amide bonds. The van der Waals surface area contributed by atoms with Crippen LogP contribution in [0.2, 0.25) is 0 Å². The van der Waals surface area contributed by atoms with Crippen molar-refractivity contribution in [3.63, 3.8) is 0 Å². The summed E-state index contributed by atoms with van der Waals surface area (Å²) in [4.78, 5) is 25.2. The summed E-state index contributed by atoms with van der Waals surface area (Å²) in [6, 6.07) is 5.11. The molecule has 0 aliphatic rings. The van der Waals surface area contributed by atoms with Gasteiger partial charge in [0, 0.05) is 22.6 Å². The molecule has 6 heteroatoms. The van der Waals surface area contributed by atoms with Crippen LogP contribution in [-0.2, 0) is 4.74 Å². The van der Waals surface area contributed by atoms with Crippen molar-refractivity contribution in [2.75, 3.05) is 21.2 Å². The van der Waals surface area contributed by atoms with Gasteiger partial charge in [-0.05, 0) is 52.6 Å². The molecule has 0 fully saturated rings. The number of amides is 1. The Kier molecular flexibility index (Phi) is 5.26. The molecule has 0 saturated carbocycles. The topological polar surface area (TPSA) is 46.6 Å². The third-order valence-electron chi connectivity index (χ3n) is 1.92. The Morgan fingerprint density at radius 1 is 1.35 bits per heavy atom. The summed E-state index contributed by atoms with van der Waals surface area (Å²) in [5.74, 6) is -0.376. The fourth-order valence-electron chi connectivity index (χ4n) is 1.01. The Hall–Kier alpha value is -0.760. The van der Waals surface area contributed by atoms with E-state index in [2.05, 4.69) is 27.3 Å². The summed E-state index contributed by atoms with van der Waals surface area (Å²) in [5.41, 5.74) is 0.485. The maximum absolute atomic E-state index is 11.5. The number of methoxy groups -OCH3 is 1. The molecular formula is C11H12INO3S. The second-order valence-corrected chi connectivity index (χ2v) is 5.55. The van der Waals surface area contributed by atoms with Gasteiger partial charge < -0.3 is 9.64 Å². The van der Waals surface area contributed by atoms with E-state index in [1.165, 1.54) is 12.0 Å². The first-order valence-corrected chi connectivity index (χ1v) is 6.62. The van der Waals surface area contributed by atoms with Crippen molar-refractivity contribution in [1.29, 1.82) is 0 Å². The lowest BCUT2D eigenvalue weighted by atomic mass is 10.2. The summed E-state index contributed by atoms with van der Waals surface area (Å²) < 4.78 is 5.48. The number of benzene rings is 1. The smallest absolute Gasteiger partial charge is 0.337 e. The SMILES string of the molecule is COC(=O)c1ccc(SC(=O)N(C)C)c(I)c1. The molecule has 0 saturated heterocycles. The van der Waals surface area contributed by atoms with Gasteiger partial charge in [-0.25, -0.2) is 4.79 Å². The van der Waals surface area contributed by atoms with Gasteiger partial charge in [-0.3, -0.25) is 4.79 Å².